The zero-order valence-electron chi connectivity index (χ0n) is 12.0. The zero-order chi connectivity index (χ0) is 15.6. The fourth-order valence-electron chi connectivity index (χ4n) is 2.06. The maximum absolute atomic E-state index is 12.1. The van der Waals surface area contributed by atoms with Crippen LogP contribution in [0.3, 0.4) is 0 Å². The first-order chi connectivity index (χ1) is 9.95. The normalized spacial score (nSPS) is 10.6. The van der Waals surface area contributed by atoms with Crippen molar-refractivity contribution >= 4 is 11.6 Å². The third-order valence-electron chi connectivity index (χ3n) is 3.28. The first-order valence-electron chi connectivity index (χ1n) is 6.41. The third-order valence-corrected chi connectivity index (χ3v) is 3.28. The molecule has 1 N–H and O–H groups in total. The van der Waals surface area contributed by atoms with Crippen molar-refractivity contribution in [1.82, 2.24) is 24.9 Å². The number of carbonyl (C=O) groups excluding carboxylic acids is 1. The fourth-order valence-corrected chi connectivity index (χ4v) is 2.06. The molecule has 1 amide bonds. The predicted octanol–water partition coefficient (Wildman–Crippen LogP) is 0.783. The Labute approximate surface area is 120 Å². The molecule has 9 heteroatoms. The number of hydrogen-bond acceptors (Lipinski definition) is 5. The van der Waals surface area contributed by atoms with Crippen LogP contribution in [0.1, 0.15) is 28.7 Å². The molecular formula is C12H16N6O3. The molecule has 0 spiro atoms. The minimum atomic E-state index is -0.623. The lowest BCUT2D eigenvalue weighted by atomic mass is 10.2. The van der Waals surface area contributed by atoms with E-state index in [1.807, 2.05) is 18.5 Å². The lowest BCUT2D eigenvalue weighted by Gasteiger charge is -2.05. The summed E-state index contributed by atoms with van der Waals surface area (Å²) in [5.74, 6) is -0.537. The van der Waals surface area contributed by atoms with Crippen LogP contribution in [-0.4, -0.2) is 30.4 Å². The monoisotopic (exact) mass is 292 g/mol. The van der Waals surface area contributed by atoms with Gasteiger partial charge in [0, 0.05) is 31.4 Å². The van der Waals surface area contributed by atoms with Crippen molar-refractivity contribution in [2.75, 3.05) is 0 Å². The van der Waals surface area contributed by atoms with Crippen molar-refractivity contribution in [3.63, 3.8) is 0 Å². The van der Waals surface area contributed by atoms with Gasteiger partial charge in [0.2, 0.25) is 5.69 Å². The Kier molecular flexibility index (Phi) is 4.01. The van der Waals surface area contributed by atoms with Gasteiger partial charge in [-0.2, -0.15) is 10.2 Å². The van der Waals surface area contributed by atoms with E-state index in [2.05, 4.69) is 15.5 Å². The van der Waals surface area contributed by atoms with E-state index in [0.717, 1.165) is 24.0 Å². The molecule has 0 radical (unpaired) electrons. The predicted molar refractivity (Wildman–Crippen MR) is 73.7 cm³/mol. The third kappa shape index (κ3) is 2.76. The lowest BCUT2D eigenvalue weighted by molar-refractivity contribution is -0.385. The molecule has 0 aromatic carbocycles. The van der Waals surface area contributed by atoms with E-state index in [4.69, 9.17) is 0 Å². The van der Waals surface area contributed by atoms with Crippen molar-refractivity contribution in [1.29, 1.82) is 0 Å². The summed E-state index contributed by atoms with van der Waals surface area (Å²) in [5, 5.41) is 21.5. The number of aryl methyl sites for hydroxylation is 2. The number of rotatable bonds is 5. The Morgan fingerprint density at radius 1 is 1.43 bits per heavy atom. The highest BCUT2D eigenvalue weighted by Gasteiger charge is 2.25. The molecule has 0 aliphatic heterocycles. The topological polar surface area (TPSA) is 108 Å². The van der Waals surface area contributed by atoms with Gasteiger partial charge in [-0.15, -0.1) is 0 Å². The van der Waals surface area contributed by atoms with Gasteiger partial charge in [0.1, 0.15) is 6.20 Å². The summed E-state index contributed by atoms with van der Waals surface area (Å²) >= 11 is 0. The molecule has 2 aromatic heterocycles. The summed E-state index contributed by atoms with van der Waals surface area (Å²) in [6.45, 7) is 4.88. The van der Waals surface area contributed by atoms with Gasteiger partial charge in [0.05, 0.1) is 11.1 Å². The second kappa shape index (κ2) is 5.73. The molecule has 0 bridgehead atoms. The van der Waals surface area contributed by atoms with Crippen LogP contribution in [0.25, 0.3) is 0 Å². The number of hydrogen-bond donors (Lipinski definition) is 1. The van der Waals surface area contributed by atoms with E-state index in [1.54, 1.807) is 6.20 Å². The van der Waals surface area contributed by atoms with Crippen LogP contribution in [-0.2, 0) is 20.1 Å². The Bertz CT molecular complexity index is 687. The molecule has 0 aliphatic rings. The van der Waals surface area contributed by atoms with Gasteiger partial charge < -0.3 is 5.32 Å². The van der Waals surface area contributed by atoms with E-state index in [0.29, 0.717) is 0 Å². The zero-order valence-corrected chi connectivity index (χ0v) is 12.0. The molecule has 2 rings (SSSR count). The van der Waals surface area contributed by atoms with Crippen LogP contribution in [0.5, 0.6) is 0 Å². The maximum Gasteiger partial charge on any atom is 0.320 e. The van der Waals surface area contributed by atoms with E-state index in [1.165, 1.54) is 11.7 Å². The van der Waals surface area contributed by atoms with Gasteiger partial charge in [0.15, 0.2) is 0 Å². The van der Waals surface area contributed by atoms with E-state index < -0.39 is 10.8 Å². The van der Waals surface area contributed by atoms with Gasteiger partial charge in [-0.1, -0.05) is 0 Å². The highest BCUT2D eigenvalue weighted by molar-refractivity contribution is 5.96. The second-order valence-corrected chi connectivity index (χ2v) is 4.51. The molecule has 2 aromatic rings. The standard InChI is InChI=1S/C12H16N6O3/c1-4-17-8(2)9(6-15-17)5-13-12(19)11-10(18(20)21)7-14-16(11)3/h6-7H,4-5H2,1-3H3,(H,13,19). The number of carbonyl (C=O) groups is 1. The average Bonchev–Trinajstić information content (AvgIpc) is 2.99. The Morgan fingerprint density at radius 3 is 2.71 bits per heavy atom. The summed E-state index contributed by atoms with van der Waals surface area (Å²) < 4.78 is 3.00. The molecule has 112 valence electrons. The lowest BCUT2D eigenvalue weighted by Crippen LogP contribution is -2.26. The molecule has 0 atom stereocenters. The number of nitro groups is 1. The van der Waals surface area contributed by atoms with E-state index in [9.17, 15) is 14.9 Å². The van der Waals surface area contributed by atoms with Gasteiger partial charge in [0.25, 0.3) is 5.91 Å². The first-order valence-corrected chi connectivity index (χ1v) is 6.41. The van der Waals surface area contributed by atoms with E-state index in [-0.39, 0.29) is 17.9 Å². The minimum absolute atomic E-state index is 0.0689. The fraction of sp³-hybridized carbons (Fsp3) is 0.417. The Morgan fingerprint density at radius 2 is 2.14 bits per heavy atom. The molecule has 9 nitrogen and oxygen atoms in total. The van der Waals surface area contributed by atoms with Crippen LogP contribution in [0.4, 0.5) is 5.69 Å². The molecule has 0 saturated heterocycles. The SMILES string of the molecule is CCn1ncc(CNC(=O)c2c([N+](=O)[O-])cnn2C)c1C. The van der Waals surface area contributed by atoms with Crippen molar-refractivity contribution in [2.24, 2.45) is 7.05 Å². The van der Waals surface area contributed by atoms with Gasteiger partial charge >= 0.3 is 5.69 Å². The van der Waals surface area contributed by atoms with Crippen LogP contribution >= 0.6 is 0 Å². The van der Waals surface area contributed by atoms with Crippen molar-refractivity contribution < 1.29 is 9.72 Å². The molecule has 21 heavy (non-hydrogen) atoms. The quantitative estimate of drug-likeness (QED) is 0.647. The van der Waals surface area contributed by atoms with Crippen LogP contribution in [0.2, 0.25) is 0 Å². The summed E-state index contributed by atoms with van der Waals surface area (Å²) in [7, 11) is 1.49. The number of aromatic nitrogens is 4. The summed E-state index contributed by atoms with van der Waals surface area (Å²) in [6.07, 6.45) is 2.74. The molecule has 0 saturated carbocycles. The average molecular weight is 292 g/mol. The summed E-state index contributed by atoms with van der Waals surface area (Å²) in [5.41, 5.74) is 1.45. The smallest absolute Gasteiger partial charge is 0.320 e. The van der Waals surface area contributed by atoms with Crippen LogP contribution in [0, 0.1) is 17.0 Å². The summed E-state index contributed by atoms with van der Waals surface area (Å²) in [6, 6.07) is 0. The first kappa shape index (κ1) is 14.7. The number of nitrogens with one attached hydrogen (secondary N) is 1. The Hall–Kier alpha value is -2.71. The van der Waals surface area contributed by atoms with Crippen LogP contribution < -0.4 is 5.32 Å². The minimum Gasteiger partial charge on any atom is -0.346 e. The van der Waals surface area contributed by atoms with Gasteiger partial charge in [-0.05, 0) is 13.8 Å². The molecule has 0 fully saturated rings. The number of amides is 1. The highest BCUT2D eigenvalue weighted by Crippen LogP contribution is 2.16. The highest BCUT2D eigenvalue weighted by atomic mass is 16.6. The molecular weight excluding hydrogens is 276 g/mol. The van der Waals surface area contributed by atoms with Crippen LogP contribution in [0.15, 0.2) is 12.4 Å². The number of nitrogens with zero attached hydrogens (tertiary/aromatic N) is 5. The maximum atomic E-state index is 12.1. The van der Waals surface area contributed by atoms with Crippen molar-refractivity contribution in [3.8, 4) is 0 Å². The molecule has 0 unspecified atom stereocenters. The Balaban J connectivity index is 2.14. The largest absolute Gasteiger partial charge is 0.346 e. The summed E-state index contributed by atoms with van der Waals surface area (Å²) in [4.78, 5) is 22.4. The van der Waals surface area contributed by atoms with Crippen molar-refractivity contribution in [2.45, 2.75) is 26.9 Å². The van der Waals surface area contributed by atoms with E-state index >= 15 is 0 Å². The van der Waals surface area contributed by atoms with Gasteiger partial charge in [-0.25, -0.2) is 0 Å². The van der Waals surface area contributed by atoms with Gasteiger partial charge in [-0.3, -0.25) is 24.3 Å². The molecule has 2 heterocycles. The van der Waals surface area contributed by atoms with Crippen molar-refractivity contribution in [3.05, 3.63) is 39.5 Å². The second-order valence-electron chi connectivity index (χ2n) is 4.51. The molecule has 0 aliphatic carbocycles.